The maximum atomic E-state index is 12.1. The second-order valence-electron chi connectivity index (χ2n) is 5.71. The molecule has 2 aromatic carbocycles. The molecule has 6 nitrogen and oxygen atoms in total. The maximum Gasteiger partial charge on any atom is 0.344 e. The zero-order valence-corrected chi connectivity index (χ0v) is 15.6. The van der Waals surface area contributed by atoms with Crippen molar-refractivity contribution in [3.05, 3.63) is 71.8 Å². The summed E-state index contributed by atoms with van der Waals surface area (Å²) in [5, 5.41) is 0. The number of ketones is 1. The van der Waals surface area contributed by atoms with E-state index in [9.17, 15) is 14.4 Å². The molecule has 0 spiro atoms. The van der Waals surface area contributed by atoms with Crippen molar-refractivity contribution in [2.75, 3.05) is 19.8 Å². The molecule has 0 aliphatic carbocycles. The van der Waals surface area contributed by atoms with Crippen LogP contribution in [0.4, 0.5) is 0 Å². The van der Waals surface area contributed by atoms with E-state index in [-0.39, 0.29) is 32.0 Å². The highest BCUT2D eigenvalue weighted by molar-refractivity contribution is 6.06. The van der Waals surface area contributed by atoms with Gasteiger partial charge < -0.3 is 14.2 Å². The van der Waals surface area contributed by atoms with Gasteiger partial charge in [0.1, 0.15) is 18.8 Å². The lowest BCUT2D eigenvalue weighted by molar-refractivity contribution is -0.145. The van der Waals surface area contributed by atoms with Gasteiger partial charge in [0.15, 0.2) is 12.4 Å². The molecule has 0 saturated heterocycles. The molecular formula is C22H22O6. The first-order valence-electron chi connectivity index (χ1n) is 8.87. The van der Waals surface area contributed by atoms with E-state index < -0.39 is 11.9 Å². The van der Waals surface area contributed by atoms with Gasteiger partial charge in [0.2, 0.25) is 0 Å². The third-order valence-electron chi connectivity index (χ3n) is 3.59. The smallest absolute Gasteiger partial charge is 0.344 e. The van der Waals surface area contributed by atoms with Gasteiger partial charge in [-0.25, -0.2) is 4.79 Å². The molecule has 0 unspecified atom stereocenters. The first-order chi connectivity index (χ1) is 13.6. The largest absolute Gasteiger partial charge is 0.482 e. The molecule has 0 saturated carbocycles. The minimum Gasteiger partial charge on any atom is -0.482 e. The summed E-state index contributed by atoms with van der Waals surface area (Å²) in [5.74, 6) is -0.982. The van der Waals surface area contributed by atoms with Crippen molar-refractivity contribution in [3.8, 4) is 5.75 Å². The molecule has 0 aromatic heterocycles. The Morgan fingerprint density at radius 1 is 0.893 bits per heavy atom. The molecular weight excluding hydrogens is 360 g/mol. The number of carbonyl (C=O) groups excluding carboxylic acids is 3. The molecule has 0 amide bonds. The molecule has 0 aliphatic heterocycles. The number of hydrogen-bond acceptors (Lipinski definition) is 6. The van der Waals surface area contributed by atoms with Gasteiger partial charge in [0.05, 0.1) is 6.61 Å². The van der Waals surface area contributed by atoms with Crippen molar-refractivity contribution in [2.24, 2.45) is 0 Å². The van der Waals surface area contributed by atoms with Gasteiger partial charge in [0, 0.05) is 5.56 Å². The number of carbonyl (C=O) groups is 3. The summed E-state index contributed by atoms with van der Waals surface area (Å²) in [6.45, 7) is 1.89. The van der Waals surface area contributed by atoms with Crippen molar-refractivity contribution >= 4 is 23.8 Å². The number of Topliss-reactive ketones (excluding diaryl/α,β-unsaturated/α-hetero) is 1. The van der Waals surface area contributed by atoms with Crippen molar-refractivity contribution < 1.29 is 28.6 Å². The fourth-order valence-electron chi connectivity index (χ4n) is 2.26. The lowest BCUT2D eigenvalue weighted by Gasteiger charge is -2.06. The van der Waals surface area contributed by atoms with E-state index in [1.165, 1.54) is 12.1 Å². The third-order valence-corrected chi connectivity index (χ3v) is 3.59. The Balaban J connectivity index is 1.74. The summed E-state index contributed by atoms with van der Waals surface area (Å²) in [4.78, 5) is 35.2. The number of ether oxygens (including phenoxy) is 3. The Bertz CT molecular complexity index is 809. The lowest BCUT2D eigenvalue weighted by Crippen LogP contribution is -2.14. The molecule has 146 valence electrons. The van der Waals surface area contributed by atoms with Gasteiger partial charge >= 0.3 is 11.9 Å². The molecule has 28 heavy (non-hydrogen) atoms. The molecule has 0 aliphatic rings. The molecule has 0 heterocycles. The standard InChI is InChI=1S/C22H22O6/c1-2-26-22(25)16-28-19-12-10-18(11-13-19)20(23)15-21(24)27-14-6-9-17-7-4-3-5-8-17/h3-13H,2,14-16H2,1H3/b9-6+. The number of hydrogen-bond donors (Lipinski definition) is 0. The lowest BCUT2D eigenvalue weighted by atomic mass is 10.1. The summed E-state index contributed by atoms with van der Waals surface area (Å²) in [5.41, 5.74) is 1.36. The van der Waals surface area contributed by atoms with Gasteiger partial charge in [0.25, 0.3) is 0 Å². The second-order valence-corrected chi connectivity index (χ2v) is 5.71. The topological polar surface area (TPSA) is 78.9 Å². The third kappa shape index (κ3) is 7.45. The summed E-state index contributed by atoms with van der Waals surface area (Å²) < 4.78 is 15.1. The number of benzene rings is 2. The minimum absolute atomic E-state index is 0.0989. The van der Waals surface area contributed by atoms with E-state index in [0.29, 0.717) is 11.3 Å². The van der Waals surface area contributed by atoms with Crippen LogP contribution in [0.25, 0.3) is 6.08 Å². The first kappa shape index (κ1) is 20.9. The SMILES string of the molecule is CCOC(=O)COc1ccc(C(=O)CC(=O)OC/C=C/c2ccccc2)cc1. The molecule has 0 fully saturated rings. The van der Waals surface area contributed by atoms with Crippen molar-refractivity contribution in [1.29, 1.82) is 0 Å². The Labute approximate surface area is 163 Å². The zero-order valence-electron chi connectivity index (χ0n) is 15.6. The fourth-order valence-corrected chi connectivity index (χ4v) is 2.26. The monoisotopic (exact) mass is 382 g/mol. The van der Waals surface area contributed by atoms with E-state index in [1.807, 2.05) is 36.4 Å². The quantitative estimate of drug-likeness (QED) is 0.356. The summed E-state index contributed by atoms with van der Waals surface area (Å²) >= 11 is 0. The van der Waals surface area contributed by atoms with Gasteiger partial charge in [-0.2, -0.15) is 0 Å². The van der Waals surface area contributed by atoms with Crippen LogP contribution in [0.1, 0.15) is 29.3 Å². The average Bonchev–Trinajstić information content (AvgIpc) is 2.71. The van der Waals surface area contributed by atoms with Crippen LogP contribution in [0.3, 0.4) is 0 Å². The highest BCUT2D eigenvalue weighted by Gasteiger charge is 2.13. The van der Waals surface area contributed by atoms with Crippen LogP contribution >= 0.6 is 0 Å². The predicted molar refractivity (Wildman–Crippen MR) is 104 cm³/mol. The van der Waals surface area contributed by atoms with Gasteiger partial charge in [-0.05, 0) is 42.8 Å². The Morgan fingerprint density at radius 2 is 1.61 bits per heavy atom. The van der Waals surface area contributed by atoms with Crippen LogP contribution in [0.2, 0.25) is 0 Å². The molecule has 0 bridgehead atoms. The Kier molecular flexibility index (Phi) is 8.46. The molecule has 6 heteroatoms. The Morgan fingerprint density at radius 3 is 2.29 bits per heavy atom. The summed E-state index contributed by atoms with van der Waals surface area (Å²) in [6.07, 6.45) is 3.21. The van der Waals surface area contributed by atoms with Crippen LogP contribution in [-0.4, -0.2) is 37.5 Å². The molecule has 2 rings (SSSR count). The molecule has 2 aromatic rings. The highest BCUT2D eigenvalue weighted by atomic mass is 16.6. The fraction of sp³-hybridized carbons (Fsp3) is 0.227. The van der Waals surface area contributed by atoms with Crippen LogP contribution in [0.15, 0.2) is 60.7 Å². The van der Waals surface area contributed by atoms with Crippen LogP contribution < -0.4 is 4.74 Å². The normalized spacial score (nSPS) is 10.5. The molecule has 0 radical (unpaired) electrons. The Hall–Kier alpha value is -3.41. The first-order valence-corrected chi connectivity index (χ1v) is 8.87. The minimum atomic E-state index is -0.592. The molecule has 0 atom stereocenters. The van der Waals surface area contributed by atoms with Crippen LogP contribution in [0.5, 0.6) is 5.75 Å². The van der Waals surface area contributed by atoms with Crippen molar-refractivity contribution in [3.63, 3.8) is 0 Å². The predicted octanol–water partition coefficient (Wildman–Crippen LogP) is 3.46. The van der Waals surface area contributed by atoms with Gasteiger partial charge in [-0.1, -0.05) is 36.4 Å². The second kappa shape index (κ2) is 11.3. The van der Waals surface area contributed by atoms with Crippen LogP contribution in [0, 0.1) is 0 Å². The number of rotatable bonds is 10. The van der Waals surface area contributed by atoms with Crippen LogP contribution in [-0.2, 0) is 19.1 Å². The maximum absolute atomic E-state index is 12.1. The highest BCUT2D eigenvalue weighted by Crippen LogP contribution is 2.14. The van der Waals surface area contributed by atoms with E-state index in [1.54, 1.807) is 25.1 Å². The van der Waals surface area contributed by atoms with E-state index >= 15 is 0 Å². The molecule has 0 N–H and O–H groups in total. The van der Waals surface area contributed by atoms with Gasteiger partial charge in [-0.15, -0.1) is 0 Å². The average molecular weight is 382 g/mol. The number of esters is 2. The van der Waals surface area contributed by atoms with Gasteiger partial charge in [-0.3, -0.25) is 9.59 Å². The van der Waals surface area contributed by atoms with E-state index in [0.717, 1.165) is 5.56 Å². The zero-order chi connectivity index (χ0) is 20.2. The van der Waals surface area contributed by atoms with E-state index in [4.69, 9.17) is 14.2 Å². The van der Waals surface area contributed by atoms with Crippen molar-refractivity contribution in [2.45, 2.75) is 13.3 Å². The van der Waals surface area contributed by atoms with E-state index in [2.05, 4.69) is 0 Å². The summed E-state index contributed by atoms with van der Waals surface area (Å²) in [6, 6.07) is 15.8. The summed E-state index contributed by atoms with van der Waals surface area (Å²) in [7, 11) is 0. The van der Waals surface area contributed by atoms with Crippen molar-refractivity contribution in [1.82, 2.24) is 0 Å².